The van der Waals surface area contributed by atoms with Gasteiger partial charge in [0.15, 0.2) is 15.0 Å². The molecule has 2 aromatic carbocycles. The van der Waals surface area contributed by atoms with Crippen LogP contribution in [0.15, 0.2) is 70.8 Å². The molecule has 7 nitrogen and oxygen atoms in total. The molecule has 1 aromatic heterocycles. The topological polar surface area (TPSA) is 81.5 Å². The van der Waals surface area contributed by atoms with E-state index in [-0.39, 0.29) is 10.8 Å². The van der Waals surface area contributed by atoms with E-state index >= 15 is 0 Å². The lowest BCUT2D eigenvalue weighted by atomic mass is 10.3. The van der Waals surface area contributed by atoms with Gasteiger partial charge in [-0.2, -0.15) is 0 Å². The number of imidazole rings is 1. The Labute approximate surface area is 187 Å². The minimum Gasteiger partial charge on any atom is -0.493 e. The molecular weight excluding hydrogens is 434 g/mol. The van der Waals surface area contributed by atoms with Crippen LogP contribution >= 0.6 is 11.8 Å². The van der Waals surface area contributed by atoms with Gasteiger partial charge in [-0.1, -0.05) is 36.0 Å². The van der Waals surface area contributed by atoms with Crippen molar-refractivity contribution in [1.82, 2.24) is 14.5 Å². The van der Waals surface area contributed by atoms with Crippen LogP contribution < -0.4 is 4.74 Å². The zero-order valence-electron chi connectivity index (χ0n) is 17.7. The lowest BCUT2D eigenvalue weighted by Gasteiger charge is -2.19. The first kappa shape index (κ1) is 22.9. The Bertz CT molecular complexity index is 1140. The SMILES string of the molecule is CSc1ncc(C(=O)N(C)CCCOc2cccc(S(C)(=O)=O)c2)n1-c1ccccc1. The molecule has 3 rings (SSSR count). The van der Waals surface area contributed by atoms with Crippen LogP contribution in [0, 0.1) is 0 Å². The van der Waals surface area contributed by atoms with Crippen molar-refractivity contribution in [2.24, 2.45) is 0 Å². The summed E-state index contributed by atoms with van der Waals surface area (Å²) in [5.41, 5.74) is 1.38. The molecule has 164 valence electrons. The van der Waals surface area contributed by atoms with Crippen LogP contribution in [0.1, 0.15) is 16.9 Å². The molecule has 0 bridgehead atoms. The van der Waals surface area contributed by atoms with Crippen LogP contribution in [0.2, 0.25) is 0 Å². The number of ether oxygens (including phenoxy) is 1. The van der Waals surface area contributed by atoms with Crippen LogP contribution in [0.4, 0.5) is 0 Å². The number of benzene rings is 2. The Balaban J connectivity index is 1.62. The number of sulfone groups is 1. The fraction of sp³-hybridized carbons (Fsp3) is 0.273. The van der Waals surface area contributed by atoms with Crippen LogP contribution in [-0.4, -0.2) is 61.5 Å². The third-order valence-corrected chi connectivity index (χ3v) is 6.40. The molecule has 0 aliphatic rings. The van der Waals surface area contributed by atoms with E-state index in [1.807, 2.05) is 41.2 Å². The Kier molecular flexibility index (Phi) is 7.40. The number of carbonyl (C=O) groups is 1. The molecule has 0 saturated heterocycles. The van der Waals surface area contributed by atoms with Gasteiger partial charge in [0.1, 0.15) is 11.4 Å². The molecular formula is C22H25N3O4S2. The third kappa shape index (κ3) is 5.68. The quantitative estimate of drug-likeness (QED) is 0.360. The second kappa shape index (κ2) is 10.0. The highest BCUT2D eigenvalue weighted by molar-refractivity contribution is 7.98. The molecule has 3 aromatic rings. The second-order valence-electron chi connectivity index (χ2n) is 6.98. The van der Waals surface area contributed by atoms with Crippen LogP contribution in [0.3, 0.4) is 0 Å². The molecule has 0 aliphatic heterocycles. The number of rotatable bonds is 9. The van der Waals surface area contributed by atoms with Crippen molar-refractivity contribution < 1.29 is 17.9 Å². The van der Waals surface area contributed by atoms with Crippen molar-refractivity contribution in [1.29, 1.82) is 0 Å². The molecule has 0 N–H and O–H groups in total. The van der Waals surface area contributed by atoms with E-state index in [4.69, 9.17) is 4.74 Å². The number of amides is 1. The highest BCUT2D eigenvalue weighted by atomic mass is 32.2. The van der Waals surface area contributed by atoms with Gasteiger partial charge in [0, 0.05) is 25.5 Å². The predicted molar refractivity (Wildman–Crippen MR) is 122 cm³/mol. The zero-order chi connectivity index (χ0) is 22.4. The number of para-hydroxylation sites is 1. The van der Waals surface area contributed by atoms with E-state index < -0.39 is 9.84 Å². The Morgan fingerprint density at radius 3 is 2.58 bits per heavy atom. The van der Waals surface area contributed by atoms with Gasteiger partial charge in [-0.25, -0.2) is 13.4 Å². The summed E-state index contributed by atoms with van der Waals surface area (Å²) >= 11 is 1.48. The number of thioether (sulfide) groups is 1. The summed E-state index contributed by atoms with van der Waals surface area (Å²) < 4.78 is 30.8. The molecule has 0 atom stereocenters. The van der Waals surface area contributed by atoms with Crippen molar-refractivity contribution in [2.45, 2.75) is 16.5 Å². The first-order valence-electron chi connectivity index (χ1n) is 9.67. The predicted octanol–water partition coefficient (Wildman–Crippen LogP) is 3.54. The molecule has 0 radical (unpaired) electrons. The van der Waals surface area contributed by atoms with Crippen LogP contribution in [0.5, 0.6) is 5.75 Å². The summed E-state index contributed by atoms with van der Waals surface area (Å²) in [6.07, 6.45) is 5.29. The minimum absolute atomic E-state index is 0.129. The Hall–Kier alpha value is -2.78. The molecule has 1 amide bonds. The summed E-state index contributed by atoms with van der Waals surface area (Å²) in [7, 11) is -1.54. The number of hydrogen-bond donors (Lipinski definition) is 0. The van der Waals surface area contributed by atoms with E-state index in [1.165, 1.54) is 23.9 Å². The summed E-state index contributed by atoms with van der Waals surface area (Å²) in [5.74, 6) is 0.361. The minimum atomic E-state index is -3.28. The van der Waals surface area contributed by atoms with Gasteiger partial charge >= 0.3 is 0 Å². The van der Waals surface area contributed by atoms with Gasteiger partial charge in [-0.3, -0.25) is 9.36 Å². The summed E-state index contributed by atoms with van der Waals surface area (Å²) in [5, 5.41) is 0.747. The van der Waals surface area contributed by atoms with Gasteiger partial charge in [0.05, 0.1) is 17.7 Å². The number of aromatic nitrogens is 2. The number of carbonyl (C=O) groups excluding carboxylic acids is 1. The maximum atomic E-state index is 13.0. The summed E-state index contributed by atoms with van der Waals surface area (Å²) in [6, 6.07) is 16.1. The smallest absolute Gasteiger partial charge is 0.272 e. The molecule has 0 saturated carbocycles. The van der Waals surface area contributed by atoms with E-state index in [2.05, 4.69) is 4.98 Å². The largest absolute Gasteiger partial charge is 0.493 e. The zero-order valence-corrected chi connectivity index (χ0v) is 19.3. The Morgan fingerprint density at radius 2 is 1.90 bits per heavy atom. The molecule has 0 spiro atoms. The van der Waals surface area contributed by atoms with Crippen molar-refractivity contribution >= 4 is 27.5 Å². The standard InChI is InChI=1S/C22H25N3O4S2/c1-24(13-8-14-29-18-11-7-12-19(15-18)31(3,27)28)21(26)20-16-23-22(30-2)25(20)17-9-5-4-6-10-17/h4-7,9-12,15-16H,8,13-14H2,1-3H3. The Morgan fingerprint density at radius 1 is 1.16 bits per heavy atom. The van der Waals surface area contributed by atoms with Gasteiger partial charge in [-0.05, 0) is 43.0 Å². The van der Waals surface area contributed by atoms with Crippen molar-refractivity contribution in [2.75, 3.05) is 32.7 Å². The molecule has 31 heavy (non-hydrogen) atoms. The molecule has 0 aliphatic carbocycles. The van der Waals surface area contributed by atoms with Gasteiger partial charge in [-0.15, -0.1) is 0 Å². The first-order chi connectivity index (χ1) is 14.8. The molecule has 0 unspecified atom stereocenters. The third-order valence-electron chi connectivity index (χ3n) is 4.63. The molecule has 0 fully saturated rings. The highest BCUT2D eigenvalue weighted by Gasteiger charge is 2.20. The van der Waals surface area contributed by atoms with Gasteiger partial charge < -0.3 is 9.64 Å². The van der Waals surface area contributed by atoms with Crippen LogP contribution in [-0.2, 0) is 9.84 Å². The fourth-order valence-corrected chi connectivity index (χ4v) is 4.24. The second-order valence-corrected chi connectivity index (χ2v) is 9.77. The molecule has 9 heteroatoms. The first-order valence-corrected chi connectivity index (χ1v) is 12.8. The lowest BCUT2D eigenvalue weighted by molar-refractivity contribution is 0.0779. The summed E-state index contributed by atoms with van der Waals surface area (Å²) in [4.78, 5) is 19.3. The number of hydrogen-bond acceptors (Lipinski definition) is 6. The monoisotopic (exact) mass is 459 g/mol. The normalized spacial score (nSPS) is 11.3. The van der Waals surface area contributed by atoms with Crippen molar-refractivity contribution in [3.63, 3.8) is 0 Å². The van der Waals surface area contributed by atoms with Gasteiger partial charge in [0.2, 0.25) is 0 Å². The van der Waals surface area contributed by atoms with E-state index in [1.54, 1.807) is 30.3 Å². The van der Waals surface area contributed by atoms with Crippen molar-refractivity contribution in [3.05, 3.63) is 66.5 Å². The van der Waals surface area contributed by atoms with E-state index in [9.17, 15) is 13.2 Å². The lowest BCUT2D eigenvalue weighted by Crippen LogP contribution is -2.30. The maximum absolute atomic E-state index is 13.0. The molecule has 1 heterocycles. The van der Waals surface area contributed by atoms with Crippen LogP contribution in [0.25, 0.3) is 5.69 Å². The maximum Gasteiger partial charge on any atom is 0.272 e. The van der Waals surface area contributed by atoms with Crippen molar-refractivity contribution in [3.8, 4) is 11.4 Å². The fourth-order valence-electron chi connectivity index (χ4n) is 3.04. The highest BCUT2D eigenvalue weighted by Crippen LogP contribution is 2.22. The van der Waals surface area contributed by atoms with E-state index in [0.717, 1.165) is 17.1 Å². The number of nitrogens with zero attached hydrogens (tertiary/aromatic N) is 3. The van der Waals surface area contributed by atoms with E-state index in [0.29, 0.717) is 31.0 Å². The average Bonchev–Trinajstić information content (AvgIpc) is 3.20. The van der Waals surface area contributed by atoms with Gasteiger partial charge in [0.25, 0.3) is 5.91 Å². The summed E-state index contributed by atoms with van der Waals surface area (Å²) in [6.45, 7) is 0.845. The average molecular weight is 460 g/mol.